The van der Waals surface area contributed by atoms with Gasteiger partial charge in [0.15, 0.2) is 0 Å². The average Bonchev–Trinajstić information content (AvgIpc) is 2.79. The molecule has 0 unspecified atom stereocenters. The van der Waals surface area contributed by atoms with Crippen LogP contribution in [0, 0.1) is 12.7 Å². The summed E-state index contributed by atoms with van der Waals surface area (Å²) in [4.78, 5) is 18.2. The molecule has 154 valence electrons. The molecule has 1 fully saturated rings. The number of thioether (sulfide) groups is 1. The number of halogens is 1. The van der Waals surface area contributed by atoms with Crippen LogP contribution in [0.3, 0.4) is 0 Å². The van der Waals surface area contributed by atoms with E-state index in [2.05, 4.69) is 36.1 Å². The van der Waals surface area contributed by atoms with E-state index in [0.717, 1.165) is 30.1 Å². The van der Waals surface area contributed by atoms with Crippen LogP contribution in [-0.2, 0) is 5.75 Å². The number of benzene rings is 3. The first-order valence-electron chi connectivity index (χ1n) is 10.2. The molecular formula is C25H25FN2OS. The Labute approximate surface area is 181 Å². The van der Waals surface area contributed by atoms with Crippen LogP contribution in [0.25, 0.3) is 0 Å². The third-order valence-corrected chi connectivity index (χ3v) is 6.47. The maximum absolute atomic E-state index is 13.1. The van der Waals surface area contributed by atoms with Crippen molar-refractivity contribution in [3.63, 3.8) is 0 Å². The molecule has 3 aromatic rings. The van der Waals surface area contributed by atoms with Gasteiger partial charge in [-0.2, -0.15) is 0 Å². The number of nitrogens with zero attached hydrogens (tertiary/aromatic N) is 2. The van der Waals surface area contributed by atoms with Gasteiger partial charge in [0.25, 0.3) is 5.91 Å². The average molecular weight is 421 g/mol. The molecule has 0 aliphatic carbocycles. The molecule has 0 saturated carbocycles. The van der Waals surface area contributed by atoms with Crippen molar-refractivity contribution in [2.24, 2.45) is 0 Å². The first kappa shape index (κ1) is 20.5. The Hall–Kier alpha value is -2.79. The quantitative estimate of drug-likeness (QED) is 0.517. The smallest absolute Gasteiger partial charge is 0.253 e. The Balaban J connectivity index is 1.30. The van der Waals surface area contributed by atoms with Gasteiger partial charge >= 0.3 is 0 Å². The van der Waals surface area contributed by atoms with Crippen molar-refractivity contribution in [1.29, 1.82) is 0 Å². The predicted octanol–water partition coefficient (Wildman–Crippen LogP) is 5.39. The number of hydrogen-bond acceptors (Lipinski definition) is 3. The molecule has 0 spiro atoms. The predicted molar refractivity (Wildman–Crippen MR) is 122 cm³/mol. The summed E-state index contributed by atoms with van der Waals surface area (Å²) < 4.78 is 13.1. The molecule has 0 radical (unpaired) electrons. The van der Waals surface area contributed by atoms with Gasteiger partial charge < -0.3 is 9.80 Å². The highest BCUT2D eigenvalue weighted by molar-refractivity contribution is 7.98. The topological polar surface area (TPSA) is 23.6 Å². The van der Waals surface area contributed by atoms with Gasteiger partial charge in [0.1, 0.15) is 5.82 Å². The lowest BCUT2D eigenvalue weighted by atomic mass is 10.1. The van der Waals surface area contributed by atoms with Crippen molar-refractivity contribution in [2.75, 3.05) is 31.1 Å². The van der Waals surface area contributed by atoms with Gasteiger partial charge in [0.05, 0.1) is 0 Å². The molecule has 1 saturated heterocycles. The molecule has 1 aliphatic rings. The molecule has 0 bridgehead atoms. The lowest BCUT2D eigenvalue weighted by Crippen LogP contribution is -2.48. The van der Waals surface area contributed by atoms with Crippen molar-refractivity contribution in [3.05, 3.63) is 95.3 Å². The highest BCUT2D eigenvalue weighted by Gasteiger charge is 2.22. The Bertz CT molecular complexity index is 979. The van der Waals surface area contributed by atoms with Crippen LogP contribution in [0.5, 0.6) is 0 Å². The summed E-state index contributed by atoms with van der Waals surface area (Å²) in [7, 11) is 0. The molecule has 1 aliphatic heterocycles. The van der Waals surface area contributed by atoms with E-state index in [1.165, 1.54) is 28.2 Å². The van der Waals surface area contributed by atoms with Crippen LogP contribution in [0.15, 0.2) is 77.7 Å². The fraction of sp³-hybridized carbons (Fsp3) is 0.240. The van der Waals surface area contributed by atoms with E-state index >= 15 is 0 Å². The minimum atomic E-state index is -0.228. The van der Waals surface area contributed by atoms with Crippen LogP contribution in [0.2, 0.25) is 0 Å². The Morgan fingerprint density at radius 1 is 0.867 bits per heavy atom. The standard InChI is InChI=1S/C25H25FN2OS/c1-19-2-12-24(13-3-19)30-18-20-4-6-21(7-5-20)25(29)28-16-14-27(15-17-28)23-10-8-22(26)9-11-23/h2-13H,14-18H2,1H3. The van der Waals surface area contributed by atoms with Crippen LogP contribution in [-0.4, -0.2) is 37.0 Å². The summed E-state index contributed by atoms with van der Waals surface area (Å²) in [6, 6.07) is 23.0. The van der Waals surface area contributed by atoms with Crippen molar-refractivity contribution < 1.29 is 9.18 Å². The molecule has 3 nitrogen and oxygen atoms in total. The number of hydrogen-bond donors (Lipinski definition) is 0. The number of aryl methyl sites for hydroxylation is 1. The van der Waals surface area contributed by atoms with Crippen LogP contribution >= 0.6 is 11.8 Å². The van der Waals surface area contributed by atoms with Crippen molar-refractivity contribution in [3.8, 4) is 0 Å². The summed E-state index contributed by atoms with van der Waals surface area (Å²) in [5.41, 5.74) is 4.20. The maximum atomic E-state index is 13.1. The van der Waals surface area contributed by atoms with Gasteiger partial charge in [-0.15, -0.1) is 11.8 Å². The number of carbonyl (C=O) groups excluding carboxylic acids is 1. The molecule has 0 aromatic heterocycles. The van der Waals surface area contributed by atoms with E-state index in [0.29, 0.717) is 13.1 Å². The lowest BCUT2D eigenvalue weighted by Gasteiger charge is -2.36. The second-order valence-electron chi connectivity index (χ2n) is 7.55. The molecule has 0 N–H and O–H groups in total. The number of amides is 1. The summed E-state index contributed by atoms with van der Waals surface area (Å²) >= 11 is 1.80. The minimum absolute atomic E-state index is 0.0755. The van der Waals surface area contributed by atoms with Gasteiger partial charge in [-0.25, -0.2) is 4.39 Å². The minimum Gasteiger partial charge on any atom is -0.368 e. The first-order valence-corrected chi connectivity index (χ1v) is 11.2. The SMILES string of the molecule is Cc1ccc(SCc2ccc(C(=O)N3CCN(c4ccc(F)cc4)CC3)cc2)cc1. The summed E-state index contributed by atoms with van der Waals surface area (Å²) in [6.45, 7) is 4.93. The van der Waals surface area contributed by atoms with Gasteiger partial charge in [-0.3, -0.25) is 4.79 Å². The molecule has 1 heterocycles. The summed E-state index contributed by atoms with van der Waals surface area (Å²) in [5.74, 6) is 0.730. The molecule has 3 aromatic carbocycles. The first-order chi connectivity index (χ1) is 14.6. The zero-order valence-electron chi connectivity index (χ0n) is 17.1. The molecular weight excluding hydrogens is 395 g/mol. The van der Waals surface area contributed by atoms with E-state index in [4.69, 9.17) is 0 Å². The third kappa shape index (κ3) is 5.03. The van der Waals surface area contributed by atoms with Crippen molar-refractivity contribution >= 4 is 23.4 Å². The van der Waals surface area contributed by atoms with E-state index in [9.17, 15) is 9.18 Å². The van der Waals surface area contributed by atoms with Crippen molar-refractivity contribution in [1.82, 2.24) is 4.90 Å². The molecule has 30 heavy (non-hydrogen) atoms. The maximum Gasteiger partial charge on any atom is 0.253 e. The number of carbonyl (C=O) groups is 1. The van der Waals surface area contributed by atoms with Crippen LogP contribution in [0.1, 0.15) is 21.5 Å². The fourth-order valence-corrected chi connectivity index (χ4v) is 4.40. The summed E-state index contributed by atoms with van der Waals surface area (Å²) in [6.07, 6.45) is 0. The Morgan fingerprint density at radius 2 is 1.50 bits per heavy atom. The van der Waals surface area contributed by atoms with Crippen molar-refractivity contribution in [2.45, 2.75) is 17.6 Å². The van der Waals surface area contributed by atoms with Crippen LogP contribution < -0.4 is 4.90 Å². The lowest BCUT2D eigenvalue weighted by molar-refractivity contribution is 0.0747. The molecule has 0 atom stereocenters. The zero-order chi connectivity index (χ0) is 20.9. The highest BCUT2D eigenvalue weighted by atomic mass is 32.2. The third-order valence-electron chi connectivity index (χ3n) is 5.39. The van der Waals surface area contributed by atoms with E-state index in [1.807, 2.05) is 29.2 Å². The number of piperazine rings is 1. The van der Waals surface area contributed by atoms with E-state index in [1.54, 1.807) is 23.9 Å². The molecule has 5 heteroatoms. The van der Waals surface area contributed by atoms with Gasteiger partial charge in [-0.05, 0) is 61.0 Å². The monoisotopic (exact) mass is 420 g/mol. The molecule has 1 amide bonds. The van der Waals surface area contributed by atoms with E-state index in [-0.39, 0.29) is 11.7 Å². The number of rotatable bonds is 5. The van der Waals surface area contributed by atoms with Gasteiger partial charge in [0.2, 0.25) is 0 Å². The number of anilines is 1. The largest absolute Gasteiger partial charge is 0.368 e. The second kappa shape index (κ2) is 9.35. The summed E-state index contributed by atoms with van der Waals surface area (Å²) in [5, 5.41) is 0. The highest BCUT2D eigenvalue weighted by Crippen LogP contribution is 2.24. The molecule has 4 rings (SSSR count). The zero-order valence-corrected chi connectivity index (χ0v) is 17.9. The Morgan fingerprint density at radius 3 is 2.13 bits per heavy atom. The van der Waals surface area contributed by atoms with Gasteiger partial charge in [0, 0.05) is 48.1 Å². The van der Waals surface area contributed by atoms with E-state index < -0.39 is 0 Å². The normalized spacial score (nSPS) is 14.1. The second-order valence-corrected chi connectivity index (χ2v) is 8.60. The van der Waals surface area contributed by atoms with Gasteiger partial charge in [-0.1, -0.05) is 29.8 Å². The fourth-order valence-electron chi connectivity index (χ4n) is 3.55. The Kier molecular flexibility index (Phi) is 6.38. The van der Waals surface area contributed by atoms with Crippen LogP contribution in [0.4, 0.5) is 10.1 Å².